The summed E-state index contributed by atoms with van der Waals surface area (Å²) in [6.45, 7) is 4.26. The van der Waals surface area contributed by atoms with E-state index in [1.54, 1.807) is 24.3 Å². The zero-order valence-corrected chi connectivity index (χ0v) is 13.4. The molecule has 0 unspecified atom stereocenters. The predicted molar refractivity (Wildman–Crippen MR) is 90.4 cm³/mol. The van der Waals surface area contributed by atoms with E-state index in [0.717, 1.165) is 12.1 Å². The van der Waals surface area contributed by atoms with Crippen LogP contribution in [0.4, 0.5) is 5.69 Å². The molecule has 0 saturated heterocycles. The molecule has 0 aliphatic heterocycles. The minimum Gasteiger partial charge on any atom is -0.484 e. The minimum atomic E-state index is -0.217. The van der Waals surface area contributed by atoms with E-state index in [4.69, 9.17) is 10.00 Å². The molecule has 0 heterocycles. The molecular formula is C19H20N2O2. The highest BCUT2D eigenvalue weighted by Gasteiger charge is 2.06. The Morgan fingerprint density at radius 1 is 1.17 bits per heavy atom. The number of hydrogen-bond acceptors (Lipinski definition) is 3. The first-order valence-corrected chi connectivity index (χ1v) is 7.65. The standard InChI is InChI=1S/C19H20N2O2/c1-3-14(2)16-6-8-17(9-7-16)21-19(22)13-23-18-10-4-15(12-20)5-11-18/h4-11,14H,3,13H2,1-2H3,(H,21,22)/t14-/m0/s1. The lowest BCUT2D eigenvalue weighted by Gasteiger charge is -2.11. The largest absolute Gasteiger partial charge is 0.484 e. The lowest BCUT2D eigenvalue weighted by Crippen LogP contribution is -2.20. The molecule has 2 rings (SSSR count). The van der Waals surface area contributed by atoms with Gasteiger partial charge in [-0.1, -0.05) is 26.0 Å². The summed E-state index contributed by atoms with van der Waals surface area (Å²) in [6, 6.07) is 16.6. The Bertz CT molecular complexity index is 685. The third-order valence-corrected chi connectivity index (χ3v) is 3.73. The molecular weight excluding hydrogens is 288 g/mol. The average molecular weight is 308 g/mol. The number of rotatable bonds is 6. The zero-order valence-electron chi connectivity index (χ0n) is 13.4. The van der Waals surface area contributed by atoms with E-state index in [2.05, 4.69) is 19.2 Å². The Morgan fingerprint density at radius 3 is 2.39 bits per heavy atom. The highest BCUT2D eigenvalue weighted by molar-refractivity contribution is 5.91. The van der Waals surface area contributed by atoms with Crippen LogP contribution in [-0.2, 0) is 4.79 Å². The Kier molecular flexibility index (Phi) is 5.76. The molecule has 2 aromatic carbocycles. The Hall–Kier alpha value is -2.80. The number of benzene rings is 2. The van der Waals surface area contributed by atoms with Crippen LogP contribution in [0.3, 0.4) is 0 Å². The second-order valence-electron chi connectivity index (χ2n) is 5.40. The van der Waals surface area contributed by atoms with E-state index in [9.17, 15) is 4.79 Å². The van der Waals surface area contributed by atoms with Gasteiger partial charge in [0, 0.05) is 5.69 Å². The van der Waals surface area contributed by atoms with Gasteiger partial charge in [-0.05, 0) is 54.3 Å². The highest BCUT2D eigenvalue weighted by Crippen LogP contribution is 2.20. The van der Waals surface area contributed by atoms with Crippen molar-refractivity contribution < 1.29 is 9.53 Å². The van der Waals surface area contributed by atoms with Crippen molar-refractivity contribution in [3.05, 3.63) is 59.7 Å². The van der Waals surface area contributed by atoms with E-state index in [1.807, 2.05) is 30.3 Å². The summed E-state index contributed by atoms with van der Waals surface area (Å²) in [6.07, 6.45) is 1.09. The molecule has 2 aromatic rings. The second-order valence-corrected chi connectivity index (χ2v) is 5.40. The number of amides is 1. The van der Waals surface area contributed by atoms with Gasteiger partial charge in [0.05, 0.1) is 11.6 Å². The molecule has 1 N–H and O–H groups in total. The highest BCUT2D eigenvalue weighted by atomic mass is 16.5. The van der Waals surface area contributed by atoms with Crippen LogP contribution in [0.1, 0.15) is 37.3 Å². The summed E-state index contributed by atoms with van der Waals surface area (Å²) in [7, 11) is 0. The third-order valence-electron chi connectivity index (χ3n) is 3.73. The molecule has 1 amide bonds. The van der Waals surface area contributed by atoms with E-state index < -0.39 is 0 Å². The molecule has 4 nitrogen and oxygen atoms in total. The molecule has 23 heavy (non-hydrogen) atoms. The van der Waals surface area contributed by atoms with Crippen LogP contribution in [-0.4, -0.2) is 12.5 Å². The molecule has 0 radical (unpaired) electrons. The van der Waals surface area contributed by atoms with Gasteiger partial charge in [0.2, 0.25) is 0 Å². The van der Waals surface area contributed by atoms with Crippen molar-refractivity contribution in [1.82, 2.24) is 0 Å². The van der Waals surface area contributed by atoms with Crippen molar-refractivity contribution in [3.8, 4) is 11.8 Å². The lowest BCUT2D eigenvalue weighted by atomic mass is 9.99. The summed E-state index contributed by atoms with van der Waals surface area (Å²) in [5.74, 6) is 0.858. The summed E-state index contributed by atoms with van der Waals surface area (Å²) in [5.41, 5.74) is 2.58. The summed E-state index contributed by atoms with van der Waals surface area (Å²) < 4.78 is 5.40. The van der Waals surface area contributed by atoms with Crippen molar-refractivity contribution >= 4 is 11.6 Å². The van der Waals surface area contributed by atoms with Gasteiger partial charge in [-0.15, -0.1) is 0 Å². The number of nitriles is 1. The summed E-state index contributed by atoms with van der Waals surface area (Å²) in [4.78, 5) is 11.9. The van der Waals surface area contributed by atoms with Crippen molar-refractivity contribution in [2.75, 3.05) is 11.9 Å². The molecule has 0 bridgehead atoms. The molecule has 0 aliphatic carbocycles. The fourth-order valence-electron chi connectivity index (χ4n) is 2.10. The maximum Gasteiger partial charge on any atom is 0.262 e. The second kappa shape index (κ2) is 8.00. The first kappa shape index (κ1) is 16.6. The molecule has 118 valence electrons. The number of hydrogen-bond donors (Lipinski definition) is 1. The van der Waals surface area contributed by atoms with Gasteiger partial charge in [0.15, 0.2) is 6.61 Å². The number of carbonyl (C=O) groups is 1. The van der Waals surface area contributed by atoms with Crippen molar-refractivity contribution in [1.29, 1.82) is 5.26 Å². The first-order chi connectivity index (χ1) is 11.1. The van der Waals surface area contributed by atoms with Gasteiger partial charge in [-0.3, -0.25) is 4.79 Å². The molecule has 0 saturated carbocycles. The molecule has 0 aliphatic rings. The monoisotopic (exact) mass is 308 g/mol. The number of anilines is 1. The van der Waals surface area contributed by atoms with Crippen LogP contribution in [0.5, 0.6) is 5.75 Å². The van der Waals surface area contributed by atoms with Crippen molar-refractivity contribution in [2.45, 2.75) is 26.2 Å². The van der Waals surface area contributed by atoms with Crippen LogP contribution in [0.2, 0.25) is 0 Å². The van der Waals surface area contributed by atoms with Gasteiger partial charge in [-0.2, -0.15) is 5.26 Å². The SMILES string of the molecule is CC[C@H](C)c1ccc(NC(=O)COc2ccc(C#N)cc2)cc1. The first-order valence-electron chi connectivity index (χ1n) is 7.65. The van der Waals surface area contributed by atoms with E-state index in [0.29, 0.717) is 17.2 Å². The molecule has 0 spiro atoms. The quantitative estimate of drug-likeness (QED) is 0.874. The normalized spacial score (nSPS) is 11.3. The smallest absolute Gasteiger partial charge is 0.262 e. The van der Waals surface area contributed by atoms with Gasteiger partial charge in [0.1, 0.15) is 5.75 Å². The maximum absolute atomic E-state index is 11.9. The van der Waals surface area contributed by atoms with Gasteiger partial charge in [0.25, 0.3) is 5.91 Å². The van der Waals surface area contributed by atoms with Crippen LogP contribution < -0.4 is 10.1 Å². The minimum absolute atomic E-state index is 0.0704. The predicted octanol–water partition coefficient (Wildman–Crippen LogP) is 4.09. The van der Waals surface area contributed by atoms with Gasteiger partial charge < -0.3 is 10.1 Å². The zero-order chi connectivity index (χ0) is 16.7. The maximum atomic E-state index is 11.9. The van der Waals surface area contributed by atoms with E-state index >= 15 is 0 Å². The van der Waals surface area contributed by atoms with Crippen LogP contribution in [0, 0.1) is 11.3 Å². The Morgan fingerprint density at radius 2 is 1.83 bits per heavy atom. The van der Waals surface area contributed by atoms with Crippen LogP contribution >= 0.6 is 0 Å². The fraction of sp³-hybridized carbons (Fsp3) is 0.263. The number of carbonyl (C=O) groups excluding carboxylic acids is 1. The topological polar surface area (TPSA) is 62.1 Å². The third kappa shape index (κ3) is 4.86. The molecule has 0 aromatic heterocycles. The average Bonchev–Trinajstić information content (AvgIpc) is 2.60. The van der Waals surface area contributed by atoms with Gasteiger partial charge >= 0.3 is 0 Å². The van der Waals surface area contributed by atoms with Crippen LogP contribution in [0.25, 0.3) is 0 Å². The number of ether oxygens (including phenoxy) is 1. The lowest BCUT2D eigenvalue weighted by molar-refractivity contribution is -0.118. The summed E-state index contributed by atoms with van der Waals surface area (Å²) in [5, 5.41) is 11.5. The van der Waals surface area contributed by atoms with E-state index in [1.165, 1.54) is 5.56 Å². The van der Waals surface area contributed by atoms with E-state index in [-0.39, 0.29) is 12.5 Å². The Labute approximate surface area is 136 Å². The molecule has 1 atom stereocenters. The van der Waals surface area contributed by atoms with Gasteiger partial charge in [-0.25, -0.2) is 0 Å². The molecule has 0 fully saturated rings. The Balaban J connectivity index is 1.85. The molecule has 4 heteroatoms. The van der Waals surface area contributed by atoms with Crippen molar-refractivity contribution in [3.63, 3.8) is 0 Å². The fourth-order valence-corrected chi connectivity index (χ4v) is 2.10. The van der Waals surface area contributed by atoms with Crippen LogP contribution in [0.15, 0.2) is 48.5 Å². The summed E-state index contributed by atoms with van der Waals surface area (Å²) >= 11 is 0. The number of nitrogens with one attached hydrogen (secondary N) is 1. The van der Waals surface area contributed by atoms with Crippen molar-refractivity contribution in [2.24, 2.45) is 0 Å². The number of nitrogens with zero attached hydrogens (tertiary/aromatic N) is 1.